The van der Waals surface area contributed by atoms with E-state index < -0.39 is 0 Å². The number of hydrogen-bond acceptors (Lipinski definition) is 10. The van der Waals surface area contributed by atoms with Crippen molar-refractivity contribution in [1.82, 2.24) is 24.9 Å². The molecule has 4 heterocycles. The summed E-state index contributed by atoms with van der Waals surface area (Å²) in [6, 6.07) is 5.59. The second kappa shape index (κ2) is 9.05. The van der Waals surface area contributed by atoms with Crippen molar-refractivity contribution in [3.05, 3.63) is 52.6 Å². The monoisotopic (exact) mass is 431 g/mol. The summed E-state index contributed by atoms with van der Waals surface area (Å²) in [5.41, 5.74) is 0.899. The second-order valence-corrected chi connectivity index (χ2v) is 7.59. The number of aromatic nitrogens is 5. The van der Waals surface area contributed by atoms with Crippen LogP contribution in [0, 0.1) is 0 Å². The minimum atomic E-state index is -0.351. The van der Waals surface area contributed by atoms with Crippen LogP contribution in [0.4, 0.5) is 0 Å². The first-order valence-corrected chi connectivity index (χ1v) is 10.7. The Hall–Kier alpha value is -2.92. The maximum atomic E-state index is 11.9. The Morgan fingerprint density at radius 2 is 2.28 bits per heavy atom. The van der Waals surface area contributed by atoms with Gasteiger partial charge in [0.25, 0.3) is 5.89 Å². The predicted octanol–water partition coefficient (Wildman–Crippen LogP) is 3.43. The number of furan rings is 1. The third kappa shape index (κ3) is 4.74. The molecule has 0 atom stereocenters. The van der Waals surface area contributed by atoms with Gasteiger partial charge in [0, 0.05) is 5.38 Å². The summed E-state index contributed by atoms with van der Waals surface area (Å²) in [6.45, 7) is 2.49. The van der Waals surface area contributed by atoms with Crippen molar-refractivity contribution in [3.63, 3.8) is 0 Å². The normalized spacial score (nSPS) is 11.1. The fourth-order valence-corrected chi connectivity index (χ4v) is 3.99. The molecule has 4 rings (SSSR count). The van der Waals surface area contributed by atoms with E-state index in [9.17, 15) is 4.79 Å². The van der Waals surface area contributed by atoms with Gasteiger partial charge < -0.3 is 13.7 Å². The molecule has 4 aromatic rings. The minimum Gasteiger partial charge on any atom is -0.467 e. The zero-order valence-electron chi connectivity index (χ0n) is 15.5. The zero-order valence-corrected chi connectivity index (χ0v) is 17.1. The molecule has 0 unspecified atom stereocenters. The van der Waals surface area contributed by atoms with Crippen LogP contribution in [0.3, 0.4) is 0 Å². The Kier molecular flexibility index (Phi) is 6.06. The summed E-state index contributed by atoms with van der Waals surface area (Å²) in [7, 11) is 0. The molecule has 4 aromatic heterocycles. The van der Waals surface area contributed by atoms with E-state index in [0.717, 1.165) is 11.3 Å². The number of nitrogens with zero attached hydrogens (tertiary/aromatic N) is 5. The lowest BCUT2D eigenvalue weighted by Gasteiger charge is -2.08. The minimum absolute atomic E-state index is 0.0343. The Morgan fingerprint density at radius 1 is 1.34 bits per heavy atom. The van der Waals surface area contributed by atoms with Gasteiger partial charge in [0.15, 0.2) is 11.0 Å². The molecule has 11 heteroatoms. The smallest absolute Gasteiger partial charge is 0.313 e. The molecule has 0 aliphatic rings. The average Bonchev–Trinajstić information content (AvgIpc) is 3.50. The lowest BCUT2D eigenvalue weighted by atomic mass is 10.3. The molecule has 0 bridgehead atoms. The summed E-state index contributed by atoms with van der Waals surface area (Å²) in [4.78, 5) is 16.3. The van der Waals surface area contributed by atoms with Gasteiger partial charge in [-0.1, -0.05) is 16.9 Å². The predicted molar refractivity (Wildman–Crippen MR) is 105 cm³/mol. The average molecular weight is 431 g/mol. The maximum absolute atomic E-state index is 11.9. The molecule has 0 amide bonds. The van der Waals surface area contributed by atoms with E-state index in [1.54, 1.807) is 24.5 Å². The molecule has 0 spiro atoms. The third-order valence-electron chi connectivity index (χ3n) is 3.86. The van der Waals surface area contributed by atoms with Crippen LogP contribution in [-0.2, 0) is 28.2 Å². The van der Waals surface area contributed by atoms with E-state index >= 15 is 0 Å². The molecule has 0 aromatic carbocycles. The van der Waals surface area contributed by atoms with Gasteiger partial charge in [-0.25, -0.2) is 0 Å². The third-order valence-corrected chi connectivity index (χ3v) is 5.51. The van der Waals surface area contributed by atoms with Crippen molar-refractivity contribution in [1.29, 1.82) is 0 Å². The van der Waals surface area contributed by atoms with Crippen LogP contribution < -0.4 is 0 Å². The van der Waals surface area contributed by atoms with Crippen molar-refractivity contribution in [2.45, 2.75) is 30.8 Å². The number of rotatable bonds is 9. The summed E-state index contributed by atoms with van der Waals surface area (Å²) >= 11 is 2.97. The first-order chi connectivity index (χ1) is 14.2. The van der Waals surface area contributed by atoms with Gasteiger partial charge in [-0.2, -0.15) is 16.3 Å². The molecule has 0 saturated carbocycles. The SMILES string of the molecule is CCOC(=O)Cc1nnc(SCc2noc(-c3ccsc3)n2)n1Cc1ccco1. The number of hydrogen-bond donors (Lipinski definition) is 0. The Labute approximate surface area is 174 Å². The van der Waals surface area contributed by atoms with Crippen molar-refractivity contribution in [2.24, 2.45) is 0 Å². The Bertz CT molecular complexity index is 1060. The molecule has 0 radical (unpaired) electrons. The van der Waals surface area contributed by atoms with Gasteiger partial charge in [0.1, 0.15) is 18.0 Å². The highest BCUT2D eigenvalue weighted by Gasteiger charge is 2.19. The molecule has 0 aliphatic heterocycles. The number of carbonyl (C=O) groups excluding carboxylic acids is 1. The zero-order chi connectivity index (χ0) is 20.1. The van der Waals surface area contributed by atoms with E-state index in [2.05, 4.69) is 20.3 Å². The van der Waals surface area contributed by atoms with E-state index in [4.69, 9.17) is 13.7 Å². The van der Waals surface area contributed by atoms with Crippen molar-refractivity contribution < 1.29 is 18.5 Å². The number of thiophene rings is 1. The van der Waals surface area contributed by atoms with Crippen LogP contribution in [0.2, 0.25) is 0 Å². The van der Waals surface area contributed by atoms with Crippen LogP contribution in [0.1, 0.15) is 24.3 Å². The van der Waals surface area contributed by atoms with Gasteiger partial charge in [-0.05, 0) is 30.5 Å². The Balaban J connectivity index is 1.50. The number of ether oxygens (including phenoxy) is 1. The number of carbonyl (C=O) groups is 1. The Morgan fingerprint density at radius 3 is 3.03 bits per heavy atom. The van der Waals surface area contributed by atoms with E-state index in [1.807, 2.05) is 33.5 Å². The molecular weight excluding hydrogens is 414 g/mol. The fourth-order valence-electron chi connectivity index (χ4n) is 2.56. The van der Waals surface area contributed by atoms with E-state index in [-0.39, 0.29) is 12.4 Å². The van der Waals surface area contributed by atoms with Crippen molar-refractivity contribution in [2.75, 3.05) is 6.61 Å². The van der Waals surface area contributed by atoms with Crippen LogP contribution in [0.5, 0.6) is 0 Å². The summed E-state index contributed by atoms with van der Waals surface area (Å²) in [5, 5.41) is 16.9. The molecule has 150 valence electrons. The maximum Gasteiger partial charge on any atom is 0.313 e. The van der Waals surface area contributed by atoms with Crippen LogP contribution in [-0.4, -0.2) is 37.5 Å². The van der Waals surface area contributed by atoms with Crippen LogP contribution in [0.15, 0.2) is 49.3 Å². The topological polar surface area (TPSA) is 109 Å². The molecule has 0 aliphatic carbocycles. The first kappa shape index (κ1) is 19.4. The second-order valence-electron chi connectivity index (χ2n) is 5.86. The summed E-state index contributed by atoms with van der Waals surface area (Å²) in [5.74, 6) is 2.38. The van der Waals surface area contributed by atoms with E-state index in [1.165, 1.54) is 11.8 Å². The molecule has 0 fully saturated rings. The van der Waals surface area contributed by atoms with Crippen molar-refractivity contribution >= 4 is 29.1 Å². The summed E-state index contributed by atoms with van der Waals surface area (Å²) < 4.78 is 17.6. The van der Waals surface area contributed by atoms with Crippen LogP contribution in [0.25, 0.3) is 11.5 Å². The standard InChI is InChI=1S/C18H17N5O4S2/c1-2-25-16(24)8-15-20-21-18(23(15)9-13-4-3-6-26-13)29-11-14-19-17(27-22-14)12-5-7-28-10-12/h3-7,10H,2,8-9,11H2,1H3. The van der Waals surface area contributed by atoms with Crippen molar-refractivity contribution in [3.8, 4) is 11.5 Å². The number of esters is 1. The molecular formula is C18H17N5O4S2. The molecule has 0 N–H and O–H groups in total. The van der Waals surface area contributed by atoms with Gasteiger partial charge in [0.05, 0.1) is 30.7 Å². The van der Waals surface area contributed by atoms with Gasteiger partial charge in [0.2, 0.25) is 0 Å². The molecule has 9 nitrogen and oxygen atoms in total. The first-order valence-electron chi connectivity index (χ1n) is 8.81. The fraction of sp³-hybridized carbons (Fsp3) is 0.278. The highest BCUT2D eigenvalue weighted by molar-refractivity contribution is 7.98. The molecule has 0 saturated heterocycles. The van der Waals surface area contributed by atoms with Gasteiger partial charge in [-0.3, -0.25) is 9.36 Å². The highest BCUT2D eigenvalue weighted by atomic mass is 32.2. The van der Waals surface area contributed by atoms with Gasteiger partial charge >= 0.3 is 5.97 Å². The largest absolute Gasteiger partial charge is 0.467 e. The summed E-state index contributed by atoms with van der Waals surface area (Å²) in [6.07, 6.45) is 1.63. The molecule has 29 heavy (non-hydrogen) atoms. The van der Waals surface area contributed by atoms with E-state index in [0.29, 0.717) is 41.6 Å². The lowest BCUT2D eigenvalue weighted by molar-refractivity contribution is -0.142. The highest BCUT2D eigenvalue weighted by Crippen LogP contribution is 2.25. The van der Waals surface area contributed by atoms with Gasteiger partial charge in [-0.15, -0.1) is 10.2 Å². The quantitative estimate of drug-likeness (QED) is 0.291. The van der Waals surface area contributed by atoms with Crippen LogP contribution >= 0.6 is 23.1 Å². The lowest BCUT2D eigenvalue weighted by Crippen LogP contribution is -2.14. The number of thioether (sulfide) groups is 1.